The number of carbonyl (C=O) groups excluding carboxylic acids is 4. The summed E-state index contributed by atoms with van der Waals surface area (Å²) < 4.78 is 5.15. The van der Waals surface area contributed by atoms with E-state index in [4.69, 9.17) is 4.74 Å². The zero-order chi connectivity index (χ0) is 23.0. The van der Waals surface area contributed by atoms with Crippen LogP contribution in [-0.4, -0.2) is 36.2 Å². The lowest BCUT2D eigenvalue weighted by Crippen LogP contribution is -2.34. The number of esters is 1. The number of ketones is 1. The van der Waals surface area contributed by atoms with Crippen LogP contribution in [0.5, 0.6) is 0 Å². The number of nitrogens with one attached hydrogen (secondary N) is 2. The molecule has 7 heteroatoms. The molecule has 7 nitrogen and oxygen atoms in total. The molecule has 1 atom stereocenters. The highest BCUT2D eigenvalue weighted by atomic mass is 16.5. The third kappa shape index (κ3) is 7.06. The molecule has 2 aromatic carbocycles. The second-order valence-corrected chi connectivity index (χ2v) is 7.35. The highest BCUT2D eigenvalue weighted by Crippen LogP contribution is 2.13. The summed E-state index contributed by atoms with van der Waals surface area (Å²) in [7, 11) is 0. The number of hydrogen-bond donors (Lipinski definition) is 2. The molecule has 164 valence electrons. The number of amides is 2. The number of hydrogen-bond acceptors (Lipinski definition) is 5. The molecular weight excluding hydrogens is 396 g/mol. The van der Waals surface area contributed by atoms with E-state index in [1.165, 1.54) is 6.92 Å². The molecule has 0 bridgehead atoms. The van der Waals surface area contributed by atoms with Crippen molar-refractivity contribution >= 4 is 29.3 Å². The maximum atomic E-state index is 12.5. The number of carbonyl (C=O) groups is 4. The Morgan fingerprint density at radius 2 is 1.58 bits per heavy atom. The molecule has 0 spiro atoms. The van der Waals surface area contributed by atoms with E-state index in [-0.39, 0.29) is 24.1 Å². The Labute approximate surface area is 182 Å². The first-order valence-corrected chi connectivity index (χ1v) is 10.2. The summed E-state index contributed by atoms with van der Waals surface area (Å²) in [6.07, 6.45) is 0.163. The van der Waals surface area contributed by atoms with Crippen molar-refractivity contribution in [1.29, 1.82) is 0 Å². The fourth-order valence-corrected chi connectivity index (χ4v) is 2.83. The third-order valence-electron chi connectivity index (χ3n) is 4.77. The van der Waals surface area contributed by atoms with Crippen LogP contribution in [-0.2, 0) is 14.3 Å². The number of ether oxygens (including phenoxy) is 1. The SMILES string of the molecule is CCCC(=O)Nc1ccc(C(=O)[C@@H](C)OC(=O)CNC(=O)c2ccc(C)c(C)c2)cc1. The van der Waals surface area contributed by atoms with Crippen molar-refractivity contribution in [2.24, 2.45) is 0 Å². The number of anilines is 1. The van der Waals surface area contributed by atoms with Crippen LogP contribution < -0.4 is 10.6 Å². The minimum Gasteiger partial charge on any atom is -0.453 e. The normalized spacial score (nSPS) is 11.4. The minimum absolute atomic E-state index is 0.0910. The predicted molar refractivity (Wildman–Crippen MR) is 118 cm³/mol. The molecule has 0 saturated carbocycles. The van der Waals surface area contributed by atoms with Crippen LogP contribution in [0, 0.1) is 13.8 Å². The van der Waals surface area contributed by atoms with E-state index >= 15 is 0 Å². The van der Waals surface area contributed by atoms with Gasteiger partial charge in [0.2, 0.25) is 11.7 Å². The molecule has 0 radical (unpaired) electrons. The first-order chi connectivity index (χ1) is 14.7. The van der Waals surface area contributed by atoms with E-state index in [1.807, 2.05) is 26.8 Å². The van der Waals surface area contributed by atoms with Crippen molar-refractivity contribution in [1.82, 2.24) is 5.32 Å². The molecular formula is C24H28N2O5. The summed E-state index contributed by atoms with van der Waals surface area (Å²) in [6, 6.07) is 11.6. The smallest absolute Gasteiger partial charge is 0.326 e. The summed E-state index contributed by atoms with van der Waals surface area (Å²) in [5.74, 6) is -1.56. The van der Waals surface area contributed by atoms with Gasteiger partial charge in [-0.1, -0.05) is 13.0 Å². The van der Waals surface area contributed by atoms with E-state index < -0.39 is 12.1 Å². The summed E-state index contributed by atoms with van der Waals surface area (Å²) in [5, 5.41) is 5.24. The van der Waals surface area contributed by atoms with Gasteiger partial charge in [-0.25, -0.2) is 0 Å². The predicted octanol–water partition coefficient (Wildman–Crippen LogP) is 3.59. The third-order valence-corrected chi connectivity index (χ3v) is 4.77. The van der Waals surface area contributed by atoms with E-state index in [1.54, 1.807) is 36.4 Å². The fourth-order valence-electron chi connectivity index (χ4n) is 2.83. The summed E-state index contributed by atoms with van der Waals surface area (Å²) in [5.41, 5.74) is 3.44. The van der Waals surface area contributed by atoms with Gasteiger partial charge in [-0.2, -0.15) is 0 Å². The van der Waals surface area contributed by atoms with Crippen LogP contribution in [0.4, 0.5) is 5.69 Å². The second-order valence-electron chi connectivity index (χ2n) is 7.35. The van der Waals surface area contributed by atoms with Gasteiger partial charge in [0.15, 0.2) is 6.10 Å². The Kier molecular flexibility index (Phi) is 8.49. The fraction of sp³-hybridized carbons (Fsp3) is 0.333. The highest BCUT2D eigenvalue weighted by molar-refractivity contribution is 6.01. The van der Waals surface area contributed by atoms with Crippen LogP contribution in [0.25, 0.3) is 0 Å². The van der Waals surface area contributed by atoms with Crippen LogP contribution in [0.1, 0.15) is 58.5 Å². The highest BCUT2D eigenvalue weighted by Gasteiger charge is 2.20. The first kappa shape index (κ1) is 23.8. The molecule has 2 rings (SSSR count). The minimum atomic E-state index is -1.01. The Bertz CT molecular complexity index is 966. The second kappa shape index (κ2) is 11.1. The Morgan fingerprint density at radius 3 is 2.19 bits per heavy atom. The van der Waals surface area contributed by atoms with Gasteiger partial charge in [0, 0.05) is 23.2 Å². The number of benzene rings is 2. The lowest BCUT2D eigenvalue weighted by Gasteiger charge is -2.13. The summed E-state index contributed by atoms with van der Waals surface area (Å²) in [4.78, 5) is 48.4. The summed E-state index contributed by atoms with van der Waals surface area (Å²) in [6.45, 7) is 6.90. The Balaban J connectivity index is 1.86. The van der Waals surface area contributed by atoms with Gasteiger partial charge in [-0.3, -0.25) is 19.2 Å². The standard InChI is InChI=1S/C24H28N2O5/c1-5-6-21(27)26-20-11-9-18(10-12-20)23(29)17(4)31-22(28)14-25-24(30)19-8-7-15(2)16(3)13-19/h7-13,17H,5-6,14H2,1-4H3,(H,25,30)(H,26,27)/t17-/m1/s1. The van der Waals surface area contributed by atoms with Gasteiger partial charge in [0.1, 0.15) is 6.54 Å². The van der Waals surface area contributed by atoms with Crippen molar-refractivity contribution in [3.8, 4) is 0 Å². The van der Waals surface area contributed by atoms with Crippen LogP contribution in [0.2, 0.25) is 0 Å². The van der Waals surface area contributed by atoms with Gasteiger partial charge in [0.05, 0.1) is 0 Å². The van der Waals surface area contributed by atoms with Crippen molar-refractivity contribution in [2.75, 3.05) is 11.9 Å². The molecule has 0 heterocycles. The van der Waals surface area contributed by atoms with Crippen molar-refractivity contribution in [3.63, 3.8) is 0 Å². The largest absolute Gasteiger partial charge is 0.453 e. The lowest BCUT2D eigenvalue weighted by molar-refractivity contribution is -0.145. The van der Waals surface area contributed by atoms with E-state index in [2.05, 4.69) is 10.6 Å². The van der Waals surface area contributed by atoms with E-state index in [0.717, 1.165) is 17.5 Å². The molecule has 0 saturated heterocycles. The maximum Gasteiger partial charge on any atom is 0.326 e. The molecule has 2 amide bonds. The van der Waals surface area contributed by atoms with Crippen LogP contribution in [0.3, 0.4) is 0 Å². The monoisotopic (exact) mass is 424 g/mol. The average molecular weight is 424 g/mol. The van der Waals surface area contributed by atoms with Crippen LogP contribution in [0.15, 0.2) is 42.5 Å². The maximum absolute atomic E-state index is 12.5. The zero-order valence-corrected chi connectivity index (χ0v) is 18.3. The van der Waals surface area contributed by atoms with Gasteiger partial charge >= 0.3 is 5.97 Å². The average Bonchev–Trinajstić information content (AvgIpc) is 2.74. The van der Waals surface area contributed by atoms with Gasteiger partial charge < -0.3 is 15.4 Å². The molecule has 0 aliphatic heterocycles. The Morgan fingerprint density at radius 1 is 0.935 bits per heavy atom. The molecule has 2 aromatic rings. The molecule has 2 N–H and O–H groups in total. The zero-order valence-electron chi connectivity index (χ0n) is 18.3. The van der Waals surface area contributed by atoms with Crippen LogP contribution >= 0.6 is 0 Å². The molecule has 0 unspecified atom stereocenters. The van der Waals surface area contributed by atoms with E-state index in [0.29, 0.717) is 23.2 Å². The lowest BCUT2D eigenvalue weighted by atomic mass is 10.1. The molecule has 31 heavy (non-hydrogen) atoms. The quantitative estimate of drug-likeness (QED) is 0.473. The van der Waals surface area contributed by atoms with E-state index in [9.17, 15) is 19.2 Å². The molecule has 0 aliphatic carbocycles. The molecule has 0 aliphatic rings. The van der Waals surface area contributed by atoms with Gasteiger partial charge in [-0.15, -0.1) is 0 Å². The van der Waals surface area contributed by atoms with Gasteiger partial charge in [0.25, 0.3) is 5.91 Å². The van der Waals surface area contributed by atoms with Crippen molar-refractivity contribution in [2.45, 2.75) is 46.6 Å². The Hall–Kier alpha value is -3.48. The number of aryl methyl sites for hydroxylation is 2. The molecule has 0 fully saturated rings. The molecule has 0 aromatic heterocycles. The van der Waals surface area contributed by atoms with Crippen molar-refractivity contribution < 1.29 is 23.9 Å². The number of rotatable bonds is 9. The topological polar surface area (TPSA) is 102 Å². The van der Waals surface area contributed by atoms with Crippen molar-refractivity contribution in [3.05, 3.63) is 64.7 Å². The number of Topliss-reactive ketones (excluding diaryl/α,β-unsaturated/α-hetero) is 1. The summed E-state index contributed by atoms with van der Waals surface area (Å²) >= 11 is 0. The first-order valence-electron chi connectivity index (χ1n) is 10.2. The van der Waals surface area contributed by atoms with Gasteiger partial charge in [-0.05, 0) is 74.7 Å².